The molecule has 0 bridgehead atoms. The summed E-state index contributed by atoms with van der Waals surface area (Å²) in [5.41, 5.74) is 3.19. The second-order valence-electron chi connectivity index (χ2n) is 6.21. The third kappa shape index (κ3) is 3.48. The van der Waals surface area contributed by atoms with Gasteiger partial charge in [-0.15, -0.1) is 0 Å². The van der Waals surface area contributed by atoms with Crippen LogP contribution in [0.3, 0.4) is 0 Å². The van der Waals surface area contributed by atoms with Crippen molar-refractivity contribution in [3.05, 3.63) is 47.0 Å². The van der Waals surface area contributed by atoms with Crippen LogP contribution in [0.5, 0.6) is 0 Å². The number of rotatable bonds is 5. The predicted molar refractivity (Wildman–Crippen MR) is 111 cm³/mol. The number of nitrogens with zero attached hydrogens (tertiary/aromatic N) is 3. The van der Waals surface area contributed by atoms with Crippen LogP contribution in [0.25, 0.3) is 21.3 Å². The lowest BCUT2D eigenvalue weighted by atomic mass is 10.2. The Bertz CT molecular complexity index is 1150. The highest BCUT2D eigenvalue weighted by Crippen LogP contribution is 2.30. The van der Waals surface area contributed by atoms with E-state index in [1.807, 2.05) is 54.9 Å². The maximum Gasteiger partial charge on any atom is 0.251 e. The lowest BCUT2D eigenvalue weighted by Gasteiger charge is -2.04. The normalized spacial score (nSPS) is 11.2. The highest BCUT2D eigenvalue weighted by atomic mass is 35.5. The van der Waals surface area contributed by atoms with Crippen LogP contribution in [0, 0.1) is 0 Å². The largest absolute Gasteiger partial charge is 0.352 e. The molecule has 8 heteroatoms. The first kappa shape index (κ1) is 17.8. The molecule has 1 amide bonds. The van der Waals surface area contributed by atoms with Gasteiger partial charge >= 0.3 is 0 Å². The summed E-state index contributed by atoms with van der Waals surface area (Å²) in [6, 6.07) is 11.2. The molecule has 4 rings (SSSR count). The zero-order chi connectivity index (χ0) is 19.0. The van der Waals surface area contributed by atoms with Gasteiger partial charge in [0, 0.05) is 24.2 Å². The van der Waals surface area contributed by atoms with Crippen LogP contribution in [0.2, 0.25) is 5.02 Å². The number of aromatic nitrogens is 3. The standard InChI is InChI=1S/C19H18ClN5OS/c1-3-8-21-17(26)11-4-7-15-14(9-11)22-18(25(15)2)24-19-23-13-6-5-12(20)10-16(13)27-19/h4-7,9-10H,3,8H2,1-2H3,(H,21,26)(H,22,23,24). The molecule has 0 atom stereocenters. The van der Waals surface area contributed by atoms with E-state index in [2.05, 4.69) is 20.6 Å². The molecule has 0 aliphatic heterocycles. The number of thiazole rings is 1. The van der Waals surface area contributed by atoms with Crippen molar-refractivity contribution in [2.24, 2.45) is 7.05 Å². The number of carbonyl (C=O) groups is 1. The summed E-state index contributed by atoms with van der Waals surface area (Å²) in [7, 11) is 1.93. The first-order chi connectivity index (χ1) is 13.0. The maximum absolute atomic E-state index is 12.2. The van der Waals surface area contributed by atoms with Gasteiger partial charge in [-0.3, -0.25) is 4.79 Å². The van der Waals surface area contributed by atoms with E-state index in [-0.39, 0.29) is 5.91 Å². The van der Waals surface area contributed by atoms with Crippen LogP contribution in [-0.2, 0) is 7.05 Å². The Morgan fingerprint density at radius 3 is 2.85 bits per heavy atom. The molecule has 0 aliphatic carbocycles. The Morgan fingerprint density at radius 2 is 2.04 bits per heavy atom. The van der Waals surface area contributed by atoms with Crippen molar-refractivity contribution < 1.29 is 4.79 Å². The third-order valence-electron chi connectivity index (χ3n) is 4.25. The molecule has 0 saturated heterocycles. The van der Waals surface area contributed by atoms with Crippen molar-refractivity contribution in [3.8, 4) is 0 Å². The van der Waals surface area contributed by atoms with E-state index >= 15 is 0 Å². The average molecular weight is 400 g/mol. The number of anilines is 2. The molecule has 0 aliphatic rings. The van der Waals surface area contributed by atoms with Gasteiger partial charge in [0.15, 0.2) is 5.13 Å². The van der Waals surface area contributed by atoms with Crippen LogP contribution in [0.15, 0.2) is 36.4 Å². The summed E-state index contributed by atoms with van der Waals surface area (Å²) >= 11 is 7.57. The number of benzene rings is 2. The van der Waals surface area contributed by atoms with Crippen LogP contribution >= 0.6 is 22.9 Å². The first-order valence-electron chi connectivity index (χ1n) is 8.63. The van der Waals surface area contributed by atoms with Crippen molar-refractivity contribution in [2.45, 2.75) is 13.3 Å². The minimum Gasteiger partial charge on any atom is -0.352 e. The van der Waals surface area contributed by atoms with E-state index < -0.39 is 0 Å². The zero-order valence-electron chi connectivity index (χ0n) is 14.9. The van der Waals surface area contributed by atoms with Crippen molar-refractivity contribution in [1.29, 1.82) is 0 Å². The molecule has 27 heavy (non-hydrogen) atoms. The predicted octanol–water partition coefficient (Wildman–Crippen LogP) is 4.72. The summed E-state index contributed by atoms with van der Waals surface area (Å²) in [5, 5.41) is 7.59. The monoisotopic (exact) mass is 399 g/mol. The van der Waals surface area contributed by atoms with E-state index in [1.54, 1.807) is 0 Å². The van der Waals surface area contributed by atoms with E-state index in [9.17, 15) is 4.79 Å². The van der Waals surface area contributed by atoms with Crippen LogP contribution in [0.1, 0.15) is 23.7 Å². The highest BCUT2D eigenvalue weighted by Gasteiger charge is 2.13. The summed E-state index contributed by atoms with van der Waals surface area (Å²) in [4.78, 5) is 21.4. The number of carbonyl (C=O) groups excluding carboxylic acids is 1. The fourth-order valence-corrected chi connectivity index (χ4v) is 3.98. The average Bonchev–Trinajstić information content (AvgIpc) is 3.19. The Hall–Kier alpha value is -2.64. The second-order valence-corrected chi connectivity index (χ2v) is 7.68. The maximum atomic E-state index is 12.2. The first-order valence-corrected chi connectivity index (χ1v) is 9.82. The molecular weight excluding hydrogens is 382 g/mol. The lowest BCUT2D eigenvalue weighted by Crippen LogP contribution is -2.23. The number of imidazole rings is 1. The molecule has 6 nitrogen and oxygen atoms in total. The smallest absolute Gasteiger partial charge is 0.251 e. The second kappa shape index (κ2) is 7.17. The molecule has 2 heterocycles. The van der Waals surface area contributed by atoms with Crippen LogP contribution in [-0.4, -0.2) is 27.0 Å². The van der Waals surface area contributed by atoms with E-state index in [0.29, 0.717) is 23.1 Å². The molecule has 138 valence electrons. The quantitative estimate of drug-likeness (QED) is 0.509. The molecule has 2 aromatic heterocycles. The lowest BCUT2D eigenvalue weighted by molar-refractivity contribution is 0.0954. The van der Waals surface area contributed by atoms with Crippen LogP contribution < -0.4 is 10.6 Å². The number of hydrogen-bond donors (Lipinski definition) is 2. The Kier molecular flexibility index (Phi) is 4.72. The molecule has 0 unspecified atom stereocenters. The molecular formula is C19H18ClN5OS. The zero-order valence-corrected chi connectivity index (χ0v) is 16.5. The van der Waals surface area contributed by atoms with Gasteiger partial charge in [0.05, 0.1) is 21.3 Å². The van der Waals surface area contributed by atoms with Gasteiger partial charge in [-0.05, 0) is 42.8 Å². The number of hydrogen-bond acceptors (Lipinski definition) is 5. The van der Waals surface area contributed by atoms with Crippen molar-refractivity contribution in [2.75, 3.05) is 11.9 Å². The van der Waals surface area contributed by atoms with E-state index in [4.69, 9.17) is 11.6 Å². The van der Waals surface area contributed by atoms with Gasteiger partial charge < -0.3 is 15.2 Å². The third-order valence-corrected chi connectivity index (χ3v) is 5.42. The fraction of sp³-hybridized carbons (Fsp3) is 0.211. The molecule has 2 aromatic carbocycles. The van der Waals surface area contributed by atoms with Gasteiger partial charge in [0.2, 0.25) is 5.95 Å². The number of aryl methyl sites for hydroxylation is 1. The number of amides is 1. The highest BCUT2D eigenvalue weighted by molar-refractivity contribution is 7.22. The Labute approximate surface area is 165 Å². The number of fused-ring (bicyclic) bond motifs is 2. The summed E-state index contributed by atoms with van der Waals surface area (Å²) < 4.78 is 2.96. The topological polar surface area (TPSA) is 71.8 Å². The minimum atomic E-state index is -0.0815. The minimum absolute atomic E-state index is 0.0815. The number of nitrogens with one attached hydrogen (secondary N) is 2. The molecule has 2 N–H and O–H groups in total. The van der Waals surface area contributed by atoms with Crippen molar-refractivity contribution in [1.82, 2.24) is 19.9 Å². The van der Waals surface area contributed by atoms with E-state index in [1.165, 1.54) is 11.3 Å². The SMILES string of the molecule is CCCNC(=O)c1ccc2c(c1)nc(Nc1nc3ccc(Cl)cc3s1)n2C. The summed E-state index contributed by atoms with van der Waals surface area (Å²) in [6.45, 7) is 2.68. The fourth-order valence-electron chi connectivity index (χ4n) is 2.84. The van der Waals surface area contributed by atoms with Gasteiger partial charge in [0.1, 0.15) is 0 Å². The number of halogens is 1. The van der Waals surface area contributed by atoms with Gasteiger partial charge in [0.25, 0.3) is 5.91 Å². The summed E-state index contributed by atoms with van der Waals surface area (Å²) in [5.74, 6) is 0.586. The Balaban J connectivity index is 1.64. The Morgan fingerprint density at radius 1 is 1.19 bits per heavy atom. The van der Waals surface area contributed by atoms with Crippen LogP contribution in [0.4, 0.5) is 11.1 Å². The van der Waals surface area contributed by atoms with E-state index in [0.717, 1.165) is 32.8 Å². The van der Waals surface area contributed by atoms with Gasteiger partial charge in [-0.1, -0.05) is 29.9 Å². The molecule has 0 spiro atoms. The molecule has 0 fully saturated rings. The van der Waals surface area contributed by atoms with Gasteiger partial charge in [-0.25, -0.2) is 9.97 Å². The van der Waals surface area contributed by atoms with Crippen molar-refractivity contribution in [3.63, 3.8) is 0 Å². The molecule has 4 aromatic rings. The van der Waals surface area contributed by atoms with Crippen molar-refractivity contribution >= 4 is 61.2 Å². The molecule has 0 saturated carbocycles. The van der Waals surface area contributed by atoms with Gasteiger partial charge in [-0.2, -0.15) is 0 Å². The molecule has 0 radical (unpaired) electrons. The summed E-state index contributed by atoms with van der Waals surface area (Å²) in [6.07, 6.45) is 0.902.